The second-order valence-electron chi connectivity index (χ2n) is 6.14. The molecule has 0 aliphatic rings. The molecule has 0 aromatic heterocycles. The molecule has 1 N–H and O–H groups in total. The zero-order chi connectivity index (χ0) is 16.0. The average molecular weight is 292 g/mol. The van der Waals surface area contributed by atoms with E-state index in [1.165, 1.54) is 12.1 Å². The van der Waals surface area contributed by atoms with Gasteiger partial charge in [0.05, 0.1) is 11.1 Å². The molecule has 4 heteroatoms. The van der Waals surface area contributed by atoms with Crippen LogP contribution in [0.5, 0.6) is 0 Å². The van der Waals surface area contributed by atoms with Gasteiger partial charge in [-0.1, -0.05) is 39.8 Å². The molecule has 0 aliphatic heterocycles. The number of aromatic carboxylic acids is 1. The lowest BCUT2D eigenvalue weighted by molar-refractivity contribution is 0.0196. The zero-order valence-corrected chi connectivity index (χ0v) is 13.1. The Morgan fingerprint density at radius 3 is 1.90 bits per heavy atom. The van der Waals surface area contributed by atoms with Crippen LogP contribution < -0.4 is 0 Å². The third kappa shape index (κ3) is 5.58. The van der Waals surface area contributed by atoms with Crippen LogP contribution in [0, 0.1) is 11.8 Å². The summed E-state index contributed by atoms with van der Waals surface area (Å²) < 4.78 is 5.55. The highest BCUT2D eigenvalue weighted by Crippen LogP contribution is 2.19. The SMILES string of the molecule is CC(C)CC(CC(C)C)OC(=O)c1ccccc1C(=O)O. The lowest BCUT2D eigenvalue weighted by Gasteiger charge is -2.21. The first-order chi connectivity index (χ1) is 9.81. The standard InChI is InChI=1S/C17H24O4/c1-11(2)9-13(10-12(3)4)21-17(20)15-8-6-5-7-14(15)16(18)19/h5-8,11-13H,9-10H2,1-4H3,(H,18,19). The number of carboxylic acid groups (broad SMARTS) is 1. The van der Waals surface area contributed by atoms with Gasteiger partial charge in [0, 0.05) is 0 Å². The maximum absolute atomic E-state index is 12.3. The van der Waals surface area contributed by atoms with Crippen molar-refractivity contribution >= 4 is 11.9 Å². The van der Waals surface area contributed by atoms with Crippen LogP contribution in [-0.4, -0.2) is 23.1 Å². The van der Waals surface area contributed by atoms with E-state index in [-0.39, 0.29) is 17.2 Å². The second kappa shape index (κ2) is 7.81. The first kappa shape index (κ1) is 17.2. The van der Waals surface area contributed by atoms with E-state index in [0.29, 0.717) is 11.8 Å². The van der Waals surface area contributed by atoms with E-state index in [9.17, 15) is 9.59 Å². The Hall–Kier alpha value is -1.84. The summed E-state index contributed by atoms with van der Waals surface area (Å²) in [6.07, 6.45) is 1.37. The van der Waals surface area contributed by atoms with Gasteiger partial charge in [-0.3, -0.25) is 0 Å². The van der Waals surface area contributed by atoms with Gasteiger partial charge < -0.3 is 9.84 Å². The van der Waals surface area contributed by atoms with Crippen molar-refractivity contribution in [1.29, 1.82) is 0 Å². The van der Waals surface area contributed by atoms with Crippen molar-refractivity contribution in [3.63, 3.8) is 0 Å². The van der Waals surface area contributed by atoms with E-state index in [4.69, 9.17) is 9.84 Å². The number of esters is 1. The van der Waals surface area contributed by atoms with Crippen LogP contribution in [0.4, 0.5) is 0 Å². The predicted molar refractivity (Wildman–Crippen MR) is 81.5 cm³/mol. The van der Waals surface area contributed by atoms with Gasteiger partial charge >= 0.3 is 11.9 Å². The van der Waals surface area contributed by atoms with E-state index >= 15 is 0 Å². The van der Waals surface area contributed by atoms with Crippen LogP contribution in [0.2, 0.25) is 0 Å². The van der Waals surface area contributed by atoms with E-state index < -0.39 is 11.9 Å². The van der Waals surface area contributed by atoms with Crippen molar-refractivity contribution < 1.29 is 19.4 Å². The Balaban J connectivity index is 2.89. The molecule has 0 amide bonds. The van der Waals surface area contributed by atoms with Crippen LogP contribution in [0.25, 0.3) is 0 Å². The largest absolute Gasteiger partial charge is 0.478 e. The summed E-state index contributed by atoms with van der Waals surface area (Å²) in [6, 6.07) is 6.15. The number of hydrogen-bond donors (Lipinski definition) is 1. The normalized spacial score (nSPS) is 11.2. The molecular weight excluding hydrogens is 268 g/mol. The Kier molecular flexibility index (Phi) is 6.40. The number of hydrogen-bond acceptors (Lipinski definition) is 3. The van der Waals surface area contributed by atoms with E-state index in [0.717, 1.165) is 12.8 Å². The fraction of sp³-hybridized carbons (Fsp3) is 0.529. The first-order valence-corrected chi connectivity index (χ1v) is 7.34. The summed E-state index contributed by atoms with van der Waals surface area (Å²) in [5.41, 5.74) is 0.0952. The molecule has 0 radical (unpaired) electrons. The molecule has 0 fully saturated rings. The summed E-state index contributed by atoms with van der Waals surface area (Å²) in [4.78, 5) is 23.4. The fourth-order valence-corrected chi connectivity index (χ4v) is 2.31. The van der Waals surface area contributed by atoms with Gasteiger partial charge in [-0.2, -0.15) is 0 Å². The van der Waals surface area contributed by atoms with Crippen LogP contribution in [0.1, 0.15) is 61.3 Å². The van der Waals surface area contributed by atoms with E-state index in [1.807, 2.05) is 0 Å². The van der Waals surface area contributed by atoms with Gasteiger partial charge in [-0.15, -0.1) is 0 Å². The van der Waals surface area contributed by atoms with E-state index in [1.54, 1.807) is 12.1 Å². The number of carbonyl (C=O) groups excluding carboxylic acids is 1. The number of benzene rings is 1. The molecule has 21 heavy (non-hydrogen) atoms. The van der Waals surface area contributed by atoms with E-state index in [2.05, 4.69) is 27.7 Å². The fourth-order valence-electron chi connectivity index (χ4n) is 2.31. The van der Waals surface area contributed by atoms with Gasteiger partial charge in [0.15, 0.2) is 0 Å². The van der Waals surface area contributed by atoms with Gasteiger partial charge in [-0.05, 0) is 36.8 Å². The van der Waals surface area contributed by atoms with Crippen molar-refractivity contribution in [3.05, 3.63) is 35.4 Å². The van der Waals surface area contributed by atoms with Crippen LogP contribution >= 0.6 is 0 Å². The summed E-state index contributed by atoms with van der Waals surface area (Å²) in [7, 11) is 0. The molecule has 0 spiro atoms. The number of rotatable bonds is 7. The minimum atomic E-state index is -1.12. The molecule has 0 saturated carbocycles. The molecule has 0 atom stereocenters. The first-order valence-electron chi connectivity index (χ1n) is 7.34. The summed E-state index contributed by atoms with van der Waals surface area (Å²) in [5.74, 6) is -0.848. The molecule has 0 saturated heterocycles. The minimum absolute atomic E-state index is 0.0182. The average Bonchev–Trinajstić information content (AvgIpc) is 2.36. The lowest BCUT2D eigenvalue weighted by atomic mass is 9.97. The molecule has 0 bridgehead atoms. The van der Waals surface area contributed by atoms with Crippen molar-refractivity contribution in [3.8, 4) is 0 Å². The topological polar surface area (TPSA) is 63.6 Å². The highest BCUT2D eigenvalue weighted by Gasteiger charge is 2.22. The monoisotopic (exact) mass is 292 g/mol. The molecule has 1 aromatic rings. The van der Waals surface area contributed by atoms with Crippen LogP contribution in [0.3, 0.4) is 0 Å². The summed E-state index contributed by atoms with van der Waals surface area (Å²) >= 11 is 0. The summed E-state index contributed by atoms with van der Waals surface area (Å²) in [6.45, 7) is 8.30. The Morgan fingerprint density at radius 2 is 1.48 bits per heavy atom. The highest BCUT2D eigenvalue weighted by molar-refractivity contribution is 6.02. The lowest BCUT2D eigenvalue weighted by Crippen LogP contribution is -2.23. The molecule has 0 heterocycles. The van der Waals surface area contributed by atoms with Crippen molar-refractivity contribution in [2.45, 2.75) is 46.6 Å². The smallest absolute Gasteiger partial charge is 0.339 e. The summed E-state index contributed by atoms with van der Waals surface area (Å²) in [5, 5.41) is 9.13. The third-order valence-corrected chi connectivity index (χ3v) is 3.12. The molecule has 1 rings (SSSR count). The van der Waals surface area contributed by atoms with Crippen molar-refractivity contribution in [2.24, 2.45) is 11.8 Å². The Bertz CT molecular complexity index is 481. The Labute approximate surface area is 126 Å². The van der Waals surface area contributed by atoms with Gasteiger partial charge in [-0.25, -0.2) is 9.59 Å². The van der Waals surface area contributed by atoms with Gasteiger partial charge in [0.1, 0.15) is 6.10 Å². The van der Waals surface area contributed by atoms with Gasteiger partial charge in [0.2, 0.25) is 0 Å². The quantitative estimate of drug-likeness (QED) is 0.771. The molecule has 116 valence electrons. The van der Waals surface area contributed by atoms with Crippen LogP contribution in [0.15, 0.2) is 24.3 Å². The van der Waals surface area contributed by atoms with Crippen molar-refractivity contribution in [1.82, 2.24) is 0 Å². The predicted octanol–water partition coefficient (Wildman–Crippen LogP) is 4.00. The Morgan fingerprint density at radius 1 is 1.00 bits per heavy atom. The molecule has 4 nitrogen and oxygen atoms in total. The zero-order valence-electron chi connectivity index (χ0n) is 13.1. The highest BCUT2D eigenvalue weighted by atomic mass is 16.5. The van der Waals surface area contributed by atoms with Crippen LogP contribution in [-0.2, 0) is 4.74 Å². The number of carboxylic acids is 1. The minimum Gasteiger partial charge on any atom is -0.478 e. The second-order valence-corrected chi connectivity index (χ2v) is 6.14. The molecule has 0 aliphatic carbocycles. The van der Waals surface area contributed by atoms with Crippen molar-refractivity contribution in [2.75, 3.05) is 0 Å². The maximum atomic E-state index is 12.3. The number of carbonyl (C=O) groups is 2. The molecular formula is C17H24O4. The number of ether oxygens (including phenoxy) is 1. The van der Waals surface area contributed by atoms with Gasteiger partial charge in [0.25, 0.3) is 0 Å². The molecule has 1 aromatic carbocycles. The maximum Gasteiger partial charge on any atom is 0.339 e. The molecule has 0 unspecified atom stereocenters. The third-order valence-electron chi connectivity index (χ3n) is 3.12.